The van der Waals surface area contributed by atoms with Gasteiger partial charge in [0.2, 0.25) is 0 Å². The Bertz CT molecular complexity index is 170. The van der Waals surface area contributed by atoms with Gasteiger partial charge in [-0.3, -0.25) is 0 Å². The van der Waals surface area contributed by atoms with E-state index in [9.17, 15) is 0 Å². The SMILES string of the molecule is CC(C)C(C#N)CNCCCN(C)C. The summed E-state index contributed by atoms with van der Waals surface area (Å²) in [4.78, 5) is 2.17. The van der Waals surface area contributed by atoms with E-state index in [1.165, 1.54) is 0 Å². The third kappa shape index (κ3) is 6.88. The quantitative estimate of drug-likeness (QED) is 0.626. The van der Waals surface area contributed by atoms with Gasteiger partial charge in [-0.1, -0.05) is 13.8 Å². The van der Waals surface area contributed by atoms with Crippen LogP contribution in [-0.2, 0) is 0 Å². The molecule has 0 rings (SSSR count). The van der Waals surface area contributed by atoms with Gasteiger partial charge in [0.1, 0.15) is 0 Å². The molecule has 0 amide bonds. The van der Waals surface area contributed by atoms with Crippen molar-refractivity contribution >= 4 is 0 Å². The molecular formula is C11H23N3. The molecule has 0 aromatic heterocycles. The fourth-order valence-corrected chi connectivity index (χ4v) is 1.21. The molecule has 0 saturated carbocycles. The Morgan fingerprint density at radius 3 is 2.43 bits per heavy atom. The number of hydrogen-bond donors (Lipinski definition) is 1. The summed E-state index contributed by atoms with van der Waals surface area (Å²) in [6.45, 7) is 7.11. The maximum Gasteiger partial charge on any atom is 0.0671 e. The summed E-state index contributed by atoms with van der Waals surface area (Å²) < 4.78 is 0. The molecule has 0 aliphatic carbocycles. The lowest BCUT2D eigenvalue weighted by atomic mass is 9.98. The van der Waals surface area contributed by atoms with E-state index in [1.807, 2.05) is 0 Å². The fourth-order valence-electron chi connectivity index (χ4n) is 1.21. The van der Waals surface area contributed by atoms with Gasteiger partial charge < -0.3 is 10.2 Å². The summed E-state index contributed by atoms with van der Waals surface area (Å²) in [5.74, 6) is 0.593. The summed E-state index contributed by atoms with van der Waals surface area (Å²) in [6.07, 6.45) is 1.14. The molecule has 0 spiro atoms. The minimum Gasteiger partial charge on any atom is -0.315 e. The van der Waals surface area contributed by atoms with Crippen molar-refractivity contribution in [1.29, 1.82) is 5.26 Å². The van der Waals surface area contributed by atoms with E-state index in [0.29, 0.717) is 5.92 Å². The highest BCUT2D eigenvalue weighted by Gasteiger charge is 2.10. The number of rotatable bonds is 7. The van der Waals surface area contributed by atoms with Gasteiger partial charge in [-0.15, -0.1) is 0 Å². The number of hydrogen-bond acceptors (Lipinski definition) is 3. The third-order valence-corrected chi connectivity index (χ3v) is 2.29. The van der Waals surface area contributed by atoms with Gasteiger partial charge in [0.25, 0.3) is 0 Å². The molecule has 1 N–H and O–H groups in total. The molecule has 1 unspecified atom stereocenters. The normalized spacial score (nSPS) is 13.2. The van der Waals surface area contributed by atoms with Crippen LogP contribution in [0.15, 0.2) is 0 Å². The Balaban J connectivity index is 3.40. The molecular weight excluding hydrogens is 174 g/mol. The van der Waals surface area contributed by atoms with Crippen LogP contribution in [0, 0.1) is 23.2 Å². The van der Waals surface area contributed by atoms with Crippen molar-refractivity contribution in [1.82, 2.24) is 10.2 Å². The average Bonchev–Trinajstić information content (AvgIpc) is 2.10. The Morgan fingerprint density at radius 1 is 1.36 bits per heavy atom. The van der Waals surface area contributed by atoms with Crippen molar-refractivity contribution in [2.24, 2.45) is 11.8 Å². The summed E-state index contributed by atoms with van der Waals surface area (Å²) >= 11 is 0. The van der Waals surface area contributed by atoms with Gasteiger partial charge in [0.05, 0.1) is 12.0 Å². The molecule has 0 fully saturated rings. The molecule has 0 aromatic carbocycles. The molecule has 0 saturated heterocycles. The number of nitriles is 1. The zero-order chi connectivity index (χ0) is 11.0. The van der Waals surface area contributed by atoms with Crippen LogP contribution in [0.4, 0.5) is 0 Å². The molecule has 1 atom stereocenters. The van der Waals surface area contributed by atoms with Gasteiger partial charge in [0, 0.05) is 6.54 Å². The highest BCUT2D eigenvalue weighted by molar-refractivity contribution is 4.86. The second-order valence-electron chi connectivity index (χ2n) is 4.34. The molecule has 0 heterocycles. The molecule has 14 heavy (non-hydrogen) atoms. The summed E-state index contributed by atoms with van der Waals surface area (Å²) in [5.41, 5.74) is 0. The fraction of sp³-hybridized carbons (Fsp3) is 0.909. The Labute approximate surface area is 88.1 Å². The van der Waals surface area contributed by atoms with Gasteiger partial charge in [-0.25, -0.2) is 0 Å². The molecule has 3 nitrogen and oxygen atoms in total. The molecule has 0 aliphatic rings. The van der Waals surface area contributed by atoms with E-state index in [1.54, 1.807) is 0 Å². The van der Waals surface area contributed by atoms with Crippen LogP contribution in [-0.4, -0.2) is 38.6 Å². The number of nitrogens with one attached hydrogen (secondary N) is 1. The Hall–Kier alpha value is -0.590. The maximum atomic E-state index is 8.84. The second-order valence-corrected chi connectivity index (χ2v) is 4.34. The highest BCUT2D eigenvalue weighted by atomic mass is 15.1. The van der Waals surface area contributed by atoms with Crippen LogP contribution in [0.3, 0.4) is 0 Å². The van der Waals surface area contributed by atoms with E-state index in [2.05, 4.69) is 44.2 Å². The first-order valence-electron chi connectivity index (χ1n) is 5.33. The van der Waals surface area contributed by atoms with Crippen LogP contribution in [0.5, 0.6) is 0 Å². The third-order valence-electron chi connectivity index (χ3n) is 2.29. The first-order valence-corrected chi connectivity index (χ1v) is 5.33. The summed E-state index contributed by atoms with van der Waals surface area (Å²) in [7, 11) is 4.15. The maximum absolute atomic E-state index is 8.84. The van der Waals surface area contributed by atoms with Crippen LogP contribution < -0.4 is 5.32 Å². The van der Waals surface area contributed by atoms with Crippen molar-refractivity contribution in [3.05, 3.63) is 0 Å². The predicted octanol–water partition coefficient (Wildman–Crippen LogP) is 1.32. The Kier molecular flexibility index (Phi) is 7.45. The standard InChI is InChI=1S/C11H23N3/c1-10(2)11(8-12)9-13-6-5-7-14(3)4/h10-11,13H,5-7,9H2,1-4H3. The minimum absolute atomic E-state index is 0.148. The van der Waals surface area contributed by atoms with Gasteiger partial charge in [-0.2, -0.15) is 5.26 Å². The smallest absolute Gasteiger partial charge is 0.0671 e. The van der Waals surface area contributed by atoms with Gasteiger partial charge in [0.15, 0.2) is 0 Å². The second kappa shape index (κ2) is 7.78. The molecule has 82 valence electrons. The molecule has 0 aromatic rings. The van der Waals surface area contributed by atoms with Crippen molar-refractivity contribution in [3.63, 3.8) is 0 Å². The first-order chi connectivity index (χ1) is 6.57. The largest absolute Gasteiger partial charge is 0.315 e. The van der Waals surface area contributed by atoms with E-state index in [-0.39, 0.29) is 5.92 Å². The van der Waals surface area contributed by atoms with Gasteiger partial charge in [-0.05, 0) is 39.5 Å². The number of nitrogens with zero attached hydrogens (tertiary/aromatic N) is 2. The van der Waals surface area contributed by atoms with Crippen molar-refractivity contribution in [2.45, 2.75) is 20.3 Å². The van der Waals surface area contributed by atoms with Crippen molar-refractivity contribution in [2.75, 3.05) is 33.7 Å². The zero-order valence-electron chi connectivity index (χ0n) is 9.88. The lowest BCUT2D eigenvalue weighted by Gasteiger charge is -2.14. The summed E-state index contributed by atoms with van der Waals surface area (Å²) in [6, 6.07) is 2.33. The zero-order valence-corrected chi connectivity index (χ0v) is 9.88. The highest BCUT2D eigenvalue weighted by Crippen LogP contribution is 2.07. The lowest BCUT2D eigenvalue weighted by molar-refractivity contribution is 0.384. The molecule has 0 bridgehead atoms. The van der Waals surface area contributed by atoms with Crippen LogP contribution in [0.25, 0.3) is 0 Å². The molecule has 0 aliphatic heterocycles. The first kappa shape index (κ1) is 13.4. The van der Waals surface area contributed by atoms with Crippen molar-refractivity contribution < 1.29 is 0 Å². The van der Waals surface area contributed by atoms with E-state index >= 15 is 0 Å². The minimum atomic E-state index is 0.148. The topological polar surface area (TPSA) is 39.1 Å². The monoisotopic (exact) mass is 197 g/mol. The molecule has 0 radical (unpaired) electrons. The van der Waals surface area contributed by atoms with Gasteiger partial charge >= 0.3 is 0 Å². The lowest BCUT2D eigenvalue weighted by Crippen LogP contribution is -2.27. The van der Waals surface area contributed by atoms with E-state index in [4.69, 9.17) is 5.26 Å². The van der Waals surface area contributed by atoms with Crippen LogP contribution >= 0.6 is 0 Å². The van der Waals surface area contributed by atoms with Crippen LogP contribution in [0.1, 0.15) is 20.3 Å². The van der Waals surface area contributed by atoms with E-state index in [0.717, 1.165) is 26.1 Å². The van der Waals surface area contributed by atoms with Crippen molar-refractivity contribution in [3.8, 4) is 6.07 Å². The van der Waals surface area contributed by atoms with E-state index < -0.39 is 0 Å². The predicted molar refractivity (Wildman–Crippen MR) is 60.0 cm³/mol. The summed E-state index contributed by atoms with van der Waals surface area (Å²) in [5, 5.41) is 12.2. The average molecular weight is 197 g/mol. The van der Waals surface area contributed by atoms with Crippen LogP contribution in [0.2, 0.25) is 0 Å². The molecule has 3 heteroatoms. The Morgan fingerprint density at radius 2 is 2.00 bits per heavy atom.